The summed E-state index contributed by atoms with van der Waals surface area (Å²) in [5.41, 5.74) is 0. The molecule has 2 aliphatic heterocycles. The summed E-state index contributed by atoms with van der Waals surface area (Å²) in [7, 11) is 1.29. The minimum Gasteiger partial charge on any atom is -0.394 e. The minimum atomic E-state index is -1.70. The van der Waals surface area contributed by atoms with Crippen molar-refractivity contribution >= 4 is 5.91 Å². The number of aliphatic hydroxyl groups excluding tert-OH is 6. The zero-order valence-corrected chi connectivity index (χ0v) is 14.9. The van der Waals surface area contributed by atoms with Gasteiger partial charge in [0.15, 0.2) is 12.6 Å². The Labute approximate surface area is 155 Å². The number of ether oxygens (including phenoxy) is 4. The van der Waals surface area contributed by atoms with Crippen LogP contribution in [0.15, 0.2) is 0 Å². The number of hydrogen-bond donors (Lipinski definition) is 7. The smallest absolute Gasteiger partial charge is 0.217 e. The molecule has 2 saturated heterocycles. The van der Waals surface area contributed by atoms with E-state index in [4.69, 9.17) is 18.9 Å². The van der Waals surface area contributed by atoms with E-state index in [9.17, 15) is 35.4 Å². The molecule has 2 heterocycles. The molecule has 0 aliphatic carbocycles. The highest BCUT2D eigenvalue weighted by Crippen LogP contribution is 2.29. The predicted molar refractivity (Wildman–Crippen MR) is 85.0 cm³/mol. The van der Waals surface area contributed by atoms with Crippen LogP contribution in [-0.4, -0.2) is 118 Å². The van der Waals surface area contributed by atoms with Gasteiger partial charge >= 0.3 is 0 Å². The van der Waals surface area contributed by atoms with Gasteiger partial charge in [0, 0.05) is 14.0 Å². The Bertz CT molecular complexity index is 492. The fraction of sp³-hybridized carbons (Fsp3) is 0.933. The van der Waals surface area contributed by atoms with Crippen molar-refractivity contribution in [1.29, 1.82) is 0 Å². The van der Waals surface area contributed by atoms with E-state index >= 15 is 0 Å². The van der Waals surface area contributed by atoms with Gasteiger partial charge in [-0.05, 0) is 0 Å². The Morgan fingerprint density at radius 1 is 0.926 bits per heavy atom. The third kappa shape index (κ3) is 4.74. The molecular weight excluding hydrogens is 370 g/mol. The molecule has 12 nitrogen and oxygen atoms in total. The summed E-state index contributed by atoms with van der Waals surface area (Å²) in [5, 5.41) is 61.5. The molecule has 0 saturated carbocycles. The van der Waals surface area contributed by atoms with Crippen LogP contribution in [0.4, 0.5) is 0 Å². The van der Waals surface area contributed by atoms with Crippen LogP contribution in [0.2, 0.25) is 0 Å². The van der Waals surface area contributed by atoms with Crippen LogP contribution in [0.1, 0.15) is 6.92 Å². The minimum absolute atomic E-state index is 0.484. The molecule has 7 N–H and O–H groups in total. The lowest BCUT2D eigenvalue weighted by Gasteiger charge is -2.47. The van der Waals surface area contributed by atoms with Crippen molar-refractivity contribution in [3.8, 4) is 0 Å². The molecule has 0 spiro atoms. The van der Waals surface area contributed by atoms with Crippen LogP contribution in [0.25, 0.3) is 0 Å². The summed E-state index contributed by atoms with van der Waals surface area (Å²) in [6.45, 7) is -0.0132. The van der Waals surface area contributed by atoms with Gasteiger partial charge in [0.25, 0.3) is 0 Å². The lowest BCUT2D eigenvalue weighted by atomic mass is 9.95. The molecule has 0 aromatic carbocycles. The molecule has 27 heavy (non-hydrogen) atoms. The van der Waals surface area contributed by atoms with E-state index < -0.39 is 80.5 Å². The topological polar surface area (TPSA) is 187 Å². The third-order valence-corrected chi connectivity index (χ3v) is 4.60. The Balaban J connectivity index is 2.25. The normalized spacial score (nSPS) is 45.5. The number of rotatable bonds is 6. The Kier molecular flexibility index (Phi) is 7.88. The number of carbonyl (C=O) groups is 1. The molecule has 2 rings (SSSR count). The maximum atomic E-state index is 11.5. The van der Waals surface area contributed by atoms with E-state index in [1.54, 1.807) is 0 Å². The molecule has 0 aromatic heterocycles. The lowest BCUT2D eigenvalue weighted by Crippen LogP contribution is -2.68. The highest BCUT2D eigenvalue weighted by molar-refractivity contribution is 5.73. The van der Waals surface area contributed by atoms with Gasteiger partial charge in [0.1, 0.15) is 48.8 Å². The second-order valence-electron chi connectivity index (χ2n) is 6.48. The van der Waals surface area contributed by atoms with Crippen molar-refractivity contribution in [3.63, 3.8) is 0 Å². The molecule has 158 valence electrons. The summed E-state index contributed by atoms with van der Waals surface area (Å²) in [6, 6.07) is -1.04. The first kappa shape index (κ1) is 22.4. The highest BCUT2D eigenvalue weighted by Gasteiger charge is 2.51. The van der Waals surface area contributed by atoms with Crippen molar-refractivity contribution in [3.05, 3.63) is 0 Å². The first-order chi connectivity index (χ1) is 12.7. The standard InChI is InChI=1S/C15H27NO11/c1-5(19)16-8-13(10(21)7(4-18)25-14(8)24-2)27-15-12(23)11(22)9(20)6(3-17)26-15/h6-15,17-18,20-23H,3-4H2,1-2H3,(H,16,19)/t6-,7-,8-,9+,10-,11+,12-,13-,14+,15-/m1/s1. The molecule has 1 amide bonds. The van der Waals surface area contributed by atoms with Crippen LogP contribution in [0, 0.1) is 0 Å². The van der Waals surface area contributed by atoms with E-state index in [0.717, 1.165) is 0 Å². The van der Waals surface area contributed by atoms with E-state index in [0.29, 0.717) is 0 Å². The maximum Gasteiger partial charge on any atom is 0.217 e. The van der Waals surface area contributed by atoms with Gasteiger partial charge in [-0.2, -0.15) is 0 Å². The molecule has 2 aliphatic rings. The largest absolute Gasteiger partial charge is 0.394 e. The second kappa shape index (κ2) is 9.52. The average Bonchev–Trinajstić information content (AvgIpc) is 2.64. The van der Waals surface area contributed by atoms with Crippen LogP contribution in [0.3, 0.4) is 0 Å². The number of nitrogens with one attached hydrogen (secondary N) is 1. The van der Waals surface area contributed by atoms with Gasteiger partial charge in [-0.1, -0.05) is 0 Å². The zero-order valence-electron chi connectivity index (χ0n) is 14.9. The fourth-order valence-corrected chi connectivity index (χ4v) is 3.15. The van der Waals surface area contributed by atoms with E-state index in [-0.39, 0.29) is 0 Å². The predicted octanol–water partition coefficient (Wildman–Crippen LogP) is -4.60. The zero-order chi connectivity index (χ0) is 20.3. The first-order valence-electron chi connectivity index (χ1n) is 8.45. The van der Waals surface area contributed by atoms with Gasteiger partial charge < -0.3 is 54.9 Å². The first-order valence-corrected chi connectivity index (χ1v) is 8.45. The number of hydrogen-bond acceptors (Lipinski definition) is 11. The summed E-state index contributed by atoms with van der Waals surface area (Å²) < 4.78 is 21.4. The monoisotopic (exact) mass is 397 g/mol. The molecule has 12 heteroatoms. The Morgan fingerprint density at radius 3 is 2.00 bits per heavy atom. The average molecular weight is 397 g/mol. The fourth-order valence-electron chi connectivity index (χ4n) is 3.15. The molecule has 2 fully saturated rings. The van der Waals surface area contributed by atoms with Crippen LogP contribution < -0.4 is 5.32 Å². The second-order valence-corrected chi connectivity index (χ2v) is 6.48. The van der Waals surface area contributed by atoms with Crippen LogP contribution in [0.5, 0.6) is 0 Å². The third-order valence-electron chi connectivity index (χ3n) is 4.60. The number of methoxy groups -OCH3 is 1. The SMILES string of the molecule is CO[C@H]1O[C@H](CO)[C@@H](O)[C@H](O[C@H]2O[C@H](CO)[C@H](O)[C@H](O)[C@H]2O)[C@H]1NC(C)=O. The van der Waals surface area contributed by atoms with Gasteiger partial charge in [-0.15, -0.1) is 0 Å². The molecule has 0 aromatic rings. The van der Waals surface area contributed by atoms with Gasteiger partial charge in [0.2, 0.25) is 5.91 Å². The lowest BCUT2D eigenvalue weighted by molar-refractivity contribution is -0.343. The van der Waals surface area contributed by atoms with Crippen molar-refractivity contribution in [2.75, 3.05) is 20.3 Å². The summed E-state index contributed by atoms with van der Waals surface area (Å²) >= 11 is 0. The van der Waals surface area contributed by atoms with Crippen molar-refractivity contribution in [2.24, 2.45) is 0 Å². The van der Waals surface area contributed by atoms with E-state index in [1.807, 2.05) is 0 Å². The van der Waals surface area contributed by atoms with Gasteiger partial charge in [-0.3, -0.25) is 4.79 Å². The molecule has 10 atom stereocenters. The number of carbonyl (C=O) groups excluding carboxylic acids is 1. The van der Waals surface area contributed by atoms with Gasteiger partial charge in [-0.25, -0.2) is 0 Å². The molecule has 0 unspecified atom stereocenters. The summed E-state index contributed by atoms with van der Waals surface area (Å²) in [5.74, 6) is -0.484. The number of aliphatic hydroxyl groups is 6. The van der Waals surface area contributed by atoms with Crippen molar-refractivity contribution in [2.45, 2.75) is 68.3 Å². The van der Waals surface area contributed by atoms with Crippen molar-refractivity contribution < 1.29 is 54.4 Å². The number of amides is 1. The molecule has 0 radical (unpaired) electrons. The summed E-state index contributed by atoms with van der Waals surface area (Å²) in [6.07, 6.45) is -12.7. The quantitative estimate of drug-likeness (QED) is 0.228. The van der Waals surface area contributed by atoms with E-state index in [2.05, 4.69) is 5.32 Å². The van der Waals surface area contributed by atoms with E-state index in [1.165, 1.54) is 14.0 Å². The Hall–Kier alpha value is -0.930. The Morgan fingerprint density at radius 2 is 1.48 bits per heavy atom. The maximum absolute atomic E-state index is 11.5. The molecular formula is C15H27NO11. The van der Waals surface area contributed by atoms with Gasteiger partial charge in [0.05, 0.1) is 13.2 Å². The highest BCUT2D eigenvalue weighted by atomic mass is 16.7. The summed E-state index contributed by atoms with van der Waals surface area (Å²) in [4.78, 5) is 11.5. The molecule has 0 bridgehead atoms. The van der Waals surface area contributed by atoms with Crippen LogP contribution in [-0.2, 0) is 23.7 Å². The van der Waals surface area contributed by atoms with Crippen LogP contribution >= 0.6 is 0 Å². The van der Waals surface area contributed by atoms with Crippen molar-refractivity contribution in [1.82, 2.24) is 5.32 Å².